The van der Waals surface area contributed by atoms with E-state index in [4.69, 9.17) is 5.11 Å². The molecule has 0 bridgehead atoms. The van der Waals surface area contributed by atoms with Crippen molar-refractivity contribution < 1.29 is 5.11 Å². The Balaban J connectivity index is 3.02. The van der Waals surface area contributed by atoms with Gasteiger partial charge in [-0.05, 0) is 29.5 Å². The third-order valence-corrected chi connectivity index (χ3v) is 2.22. The summed E-state index contributed by atoms with van der Waals surface area (Å²) in [5.41, 5.74) is 3.78. The van der Waals surface area contributed by atoms with Crippen molar-refractivity contribution in [3.63, 3.8) is 0 Å². The maximum absolute atomic E-state index is 8.92. The highest BCUT2D eigenvalue weighted by Gasteiger charge is 1.99. The summed E-state index contributed by atoms with van der Waals surface area (Å²) in [4.78, 5) is 0. The summed E-state index contributed by atoms with van der Waals surface area (Å²) in [6.07, 6.45) is 2.13. The minimum atomic E-state index is 0.150. The van der Waals surface area contributed by atoms with Crippen LogP contribution in [-0.2, 0) is 19.4 Å². The third kappa shape index (κ3) is 1.86. The average molecular weight is 164 g/mol. The van der Waals surface area contributed by atoms with Crippen molar-refractivity contribution in [1.82, 2.24) is 0 Å². The molecular formula is C11H16O. The molecule has 0 saturated carbocycles. The zero-order valence-corrected chi connectivity index (χ0v) is 7.80. The van der Waals surface area contributed by atoms with Crippen LogP contribution in [0, 0.1) is 0 Å². The second-order valence-electron chi connectivity index (χ2n) is 2.97. The van der Waals surface area contributed by atoms with Gasteiger partial charge in [-0.15, -0.1) is 0 Å². The normalized spacial score (nSPS) is 10.2. The Labute approximate surface area is 74.1 Å². The molecule has 0 amide bonds. The first kappa shape index (κ1) is 9.27. The fourth-order valence-corrected chi connectivity index (χ4v) is 1.45. The Kier molecular flexibility index (Phi) is 3.30. The Hall–Kier alpha value is -0.820. The van der Waals surface area contributed by atoms with Crippen LogP contribution >= 0.6 is 0 Å². The van der Waals surface area contributed by atoms with E-state index in [9.17, 15) is 0 Å². The molecule has 0 aromatic heterocycles. The molecule has 0 spiro atoms. The van der Waals surface area contributed by atoms with E-state index in [1.54, 1.807) is 0 Å². The van der Waals surface area contributed by atoms with Crippen LogP contribution in [0.2, 0.25) is 0 Å². The van der Waals surface area contributed by atoms with Crippen LogP contribution in [0.25, 0.3) is 0 Å². The standard InChI is InChI=1S/C11H16O/c1-3-10-6-5-9(8-12)7-11(10)4-2/h5-7,12H,3-4,8H2,1-2H3. The predicted molar refractivity (Wildman–Crippen MR) is 51.1 cm³/mol. The zero-order chi connectivity index (χ0) is 8.97. The van der Waals surface area contributed by atoms with E-state index in [1.165, 1.54) is 11.1 Å². The van der Waals surface area contributed by atoms with Gasteiger partial charge in [-0.25, -0.2) is 0 Å². The lowest BCUT2D eigenvalue weighted by Gasteiger charge is -2.06. The summed E-state index contributed by atoms with van der Waals surface area (Å²) in [5, 5.41) is 8.92. The first-order valence-corrected chi connectivity index (χ1v) is 4.53. The fourth-order valence-electron chi connectivity index (χ4n) is 1.45. The lowest BCUT2D eigenvalue weighted by Crippen LogP contribution is -1.93. The first-order chi connectivity index (χ1) is 5.81. The molecule has 0 aliphatic rings. The van der Waals surface area contributed by atoms with Crippen LogP contribution in [0.3, 0.4) is 0 Å². The average Bonchev–Trinajstić information content (AvgIpc) is 2.16. The van der Waals surface area contributed by atoms with Gasteiger partial charge in [0.2, 0.25) is 0 Å². The molecule has 0 atom stereocenters. The lowest BCUT2D eigenvalue weighted by atomic mass is 10.0. The summed E-state index contributed by atoms with van der Waals surface area (Å²) in [7, 11) is 0. The minimum Gasteiger partial charge on any atom is -0.392 e. The van der Waals surface area contributed by atoms with Gasteiger partial charge in [-0.3, -0.25) is 0 Å². The van der Waals surface area contributed by atoms with Crippen molar-refractivity contribution >= 4 is 0 Å². The third-order valence-electron chi connectivity index (χ3n) is 2.22. The van der Waals surface area contributed by atoms with Gasteiger partial charge >= 0.3 is 0 Å². The van der Waals surface area contributed by atoms with E-state index in [0.29, 0.717) is 0 Å². The molecule has 1 rings (SSSR count). The van der Waals surface area contributed by atoms with E-state index >= 15 is 0 Å². The van der Waals surface area contributed by atoms with Gasteiger partial charge in [0, 0.05) is 0 Å². The molecule has 0 radical (unpaired) electrons. The number of aliphatic hydroxyl groups excluding tert-OH is 1. The fraction of sp³-hybridized carbons (Fsp3) is 0.455. The first-order valence-electron chi connectivity index (χ1n) is 4.53. The summed E-state index contributed by atoms with van der Waals surface area (Å²) in [6.45, 7) is 4.46. The van der Waals surface area contributed by atoms with E-state index in [-0.39, 0.29) is 6.61 Å². The Morgan fingerprint density at radius 3 is 2.25 bits per heavy atom. The highest BCUT2D eigenvalue weighted by atomic mass is 16.3. The summed E-state index contributed by atoms with van der Waals surface area (Å²) in [6, 6.07) is 6.21. The van der Waals surface area contributed by atoms with E-state index in [0.717, 1.165) is 18.4 Å². The molecular weight excluding hydrogens is 148 g/mol. The van der Waals surface area contributed by atoms with E-state index in [2.05, 4.69) is 26.0 Å². The van der Waals surface area contributed by atoms with E-state index < -0.39 is 0 Å². The molecule has 0 saturated heterocycles. The van der Waals surface area contributed by atoms with Crippen LogP contribution in [-0.4, -0.2) is 5.11 Å². The molecule has 1 aromatic rings. The maximum atomic E-state index is 8.92. The van der Waals surface area contributed by atoms with Gasteiger partial charge in [0.25, 0.3) is 0 Å². The number of hydrogen-bond acceptors (Lipinski definition) is 1. The number of aliphatic hydroxyl groups is 1. The summed E-state index contributed by atoms with van der Waals surface area (Å²) >= 11 is 0. The Bertz CT molecular complexity index is 253. The van der Waals surface area contributed by atoms with Crippen LogP contribution in [0.5, 0.6) is 0 Å². The topological polar surface area (TPSA) is 20.2 Å². The maximum Gasteiger partial charge on any atom is 0.0681 e. The molecule has 1 N–H and O–H groups in total. The zero-order valence-electron chi connectivity index (χ0n) is 7.80. The van der Waals surface area contributed by atoms with Crippen LogP contribution < -0.4 is 0 Å². The molecule has 0 fully saturated rings. The van der Waals surface area contributed by atoms with Gasteiger partial charge in [-0.2, -0.15) is 0 Å². The second kappa shape index (κ2) is 4.27. The van der Waals surface area contributed by atoms with Crippen LogP contribution in [0.1, 0.15) is 30.5 Å². The van der Waals surface area contributed by atoms with Gasteiger partial charge in [0.15, 0.2) is 0 Å². The molecule has 0 unspecified atom stereocenters. The van der Waals surface area contributed by atoms with E-state index in [1.807, 2.05) is 6.07 Å². The quantitative estimate of drug-likeness (QED) is 0.726. The molecule has 0 aliphatic carbocycles. The van der Waals surface area contributed by atoms with Crippen molar-refractivity contribution in [3.05, 3.63) is 34.9 Å². The minimum absolute atomic E-state index is 0.150. The van der Waals surface area contributed by atoms with Crippen molar-refractivity contribution in [2.45, 2.75) is 33.3 Å². The summed E-state index contributed by atoms with van der Waals surface area (Å²) in [5.74, 6) is 0. The smallest absolute Gasteiger partial charge is 0.0681 e. The van der Waals surface area contributed by atoms with Crippen LogP contribution in [0.4, 0.5) is 0 Å². The number of hydrogen-bond donors (Lipinski definition) is 1. The monoisotopic (exact) mass is 164 g/mol. The lowest BCUT2D eigenvalue weighted by molar-refractivity contribution is 0.281. The molecule has 66 valence electrons. The molecule has 0 aliphatic heterocycles. The van der Waals surface area contributed by atoms with Crippen molar-refractivity contribution in [2.24, 2.45) is 0 Å². The number of benzene rings is 1. The van der Waals surface area contributed by atoms with Crippen LogP contribution in [0.15, 0.2) is 18.2 Å². The number of rotatable bonds is 3. The molecule has 0 heterocycles. The molecule has 1 aromatic carbocycles. The molecule has 1 heteroatoms. The largest absolute Gasteiger partial charge is 0.392 e. The molecule has 12 heavy (non-hydrogen) atoms. The highest BCUT2D eigenvalue weighted by Crippen LogP contribution is 2.13. The van der Waals surface area contributed by atoms with Gasteiger partial charge < -0.3 is 5.11 Å². The predicted octanol–water partition coefficient (Wildman–Crippen LogP) is 2.30. The Morgan fingerprint density at radius 1 is 1.08 bits per heavy atom. The Morgan fingerprint density at radius 2 is 1.75 bits per heavy atom. The van der Waals surface area contributed by atoms with Gasteiger partial charge in [0.05, 0.1) is 6.61 Å². The number of aryl methyl sites for hydroxylation is 2. The van der Waals surface area contributed by atoms with Crippen molar-refractivity contribution in [2.75, 3.05) is 0 Å². The van der Waals surface area contributed by atoms with Gasteiger partial charge in [0.1, 0.15) is 0 Å². The second-order valence-corrected chi connectivity index (χ2v) is 2.97. The van der Waals surface area contributed by atoms with Crippen molar-refractivity contribution in [1.29, 1.82) is 0 Å². The SMILES string of the molecule is CCc1ccc(CO)cc1CC. The van der Waals surface area contributed by atoms with Gasteiger partial charge in [-0.1, -0.05) is 32.0 Å². The summed E-state index contributed by atoms with van der Waals surface area (Å²) < 4.78 is 0. The van der Waals surface area contributed by atoms with Crippen molar-refractivity contribution in [3.8, 4) is 0 Å². The highest BCUT2D eigenvalue weighted by molar-refractivity contribution is 5.31. The molecule has 1 nitrogen and oxygen atoms in total.